The first-order valence-electron chi connectivity index (χ1n) is 7.85. The molecular formula is C16H27ClN2O6. The fraction of sp³-hybridized carbons (Fsp3) is 0.812. The fourth-order valence-corrected chi connectivity index (χ4v) is 2.61. The monoisotopic (exact) mass is 378 g/mol. The van der Waals surface area contributed by atoms with Gasteiger partial charge < -0.3 is 19.5 Å². The molecule has 2 atom stereocenters. The van der Waals surface area contributed by atoms with Gasteiger partial charge in [-0.25, -0.2) is 9.59 Å². The van der Waals surface area contributed by atoms with Gasteiger partial charge in [0.1, 0.15) is 5.60 Å². The lowest BCUT2D eigenvalue weighted by Gasteiger charge is -2.51. The molecule has 9 heteroatoms. The predicted octanol–water partition coefficient (Wildman–Crippen LogP) is 1.69. The summed E-state index contributed by atoms with van der Waals surface area (Å²) < 4.78 is 15.8. The molecule has 25 heavy (non-hydrogen) atoms. The van der Waals surface area contributed by atoms with E-state index in [-0.39, 0.29) is 0 Å². The topological polar surface area (TPSA) is 103 Å². The number of hydrogen-bond donors (Lipinski definition) is 2. The maximum absolute atomic E-state index is 12.8. The molecule has 8 nitrogen and oxygen atoms in total. The van der Waals surface area contributed by atoms with Crippen LogP contribution in [0.4, 0.5) is 4.79 Å². The van der Waals surface area contributed by atoms with Crippen molar-refractivity contribution < 1.29 is 28.6 Å². The van der Waals surface area contributed by atoms with E-state index in [0.29, 0.717) is 0 Å². The second-order valence-corrected chi connectivity index (χ2v) is 8.86. The third-order valence-electron chi connectivity index (χ3n) is 3.66. The highest BCUT2D eigenvalue weighted by Gasteiger charge is 2.62. The molecule has 2 N–H and O–H groups in total. The van der Waals surface area contributed by atoms with E-state index in [9.17, 15) is 14.4 Å². The molecule has 2 amide bonds. The number of halogens is 1. The van der Waals surface area contributed by atoms with E-state index in [4.69, 9.17) is 25.8 Å². The molecule has 0 aromatic carbocycles. The van der Waals surface area contributed by atoms with Crippen LogP contribution in [0.25, 0.3) is 0 Å². The van der Waals surface area contributed by atoms with Crippen LogP contribution in [0.3, 0.4) is 0 Å². The third kappa shape index (κ3) is 4.55. The first-order chi connectivity index (χ1) is 11.1. The Morgan fingerprint density at radius 2 is 1.76 bits per heavy atom. The molecule has 144 valence electrons. The molecule has 1 rings (SSSR count). The molecule has 0 radical (unpaired) electrons. The Morgan fingerprint density at radius 3 is 2.16 bits per heavy atom. The van der Waals surface area contributed by atoms with Gasteiger partial charge in [0.05, 0.1) is 17.6 Å². The molecule has 0 unspecified atom stereocenters. The van der Waals surface area contributed by atoms with Crippen molar-refractivity contribution in [3.8, 4) is 0 Å². The highest BCUT2D eigenvalue weighted by Crippen LogP contribution is 2.38. The van der Waals surface area contributed by atoms with Crippen LogP contribution in [0.2, 0.25) is 0 Å². The van der Waals surface area contributed by atoms with Crippen LogP contribution >= 0.6 is 11.6 Å². The first-order valence-corrected chi connectivity index (χ1v) is 8.22. The Kier molecular flexibility index (Phi) is 5.71. The second-order valence-electron chi connectivity index (χ2n) is 7.92. The summed E-state index contributed by atoms with van der Waals surface area (Å²) >= 11 is 6.40. The normalized spacial score (nSPS) is 26.4. The van der Waals surface area contributed by atoms with Crippen molar-refractivity contribution in [1.29, 1.82) is 0 Å². The Morgan fingerprint density at radius 1 is 1.24 bits per heavy atom. The summed E-state index contributed by atoms with van der Waals surface area (Å²) in [6, 6.07) is -1.06. The van der Waals surface area contributed by atoms with Crippen LogP contribution < -0.4 is 10.6 Å². The molecular weight excluding hydrogens is 352 g/mol. The van der Waals surface area contributed by atoms with E-state index in [1.54, 1.807) is 34.6 Å². The largest absolute Gasteiger partial charge is 0.467 e. The molecule has 1 fully saturated rings. The zero-order valence-electron chi connectivity index (χ0n) is 15.9. The van der Waals surface area contributed by atoms with E-state index >= 15 is 0 Å². The first kappa shape index (κ1) is 21.5. The summed E-state index contributed by atoms with van der Waals surface area (Å²) in [4.78, 5) is 35.6. The average molecular weight is 379 g/mol. The van der Waals surface area contributed by atoms with Crippen molar-refractivity contribution in [2.24, 2.45) is 0 Å². The van der Waals surface area contributed by atoms with Crippen LogP contribution in [0.15, 0.2) is 0 Å². The van der Waals surface area contributed by atoms with Crippen LogP contribution in [-0.2, 0) is 23.8 Å². The summed E-state index contributed by atoms with van der Waals surface area (Å²) in [6.07, 6.45) is -0.872. The summed E-state index contributed by atoms with van der Waals surface area (Å²) in [7, 11) is 1.21. The minimum Gasteiger partial charge on any atom is -0.467 e. The van der Waals surface area contributed by atoms with Gasteiger partial charge in [-0.3, -0.25) is 10.1 Å². The van der Waals surface area contributed by atoms with Crippen LogP contribution in [0.5, 0.6) is 0 Å². The maximum Gasteiger partial charge on any atom is 0.410 e. The van der Waals surface area contributed by atoms with Crippen molar-refractivity contribution >= 4 is 29.6 Å². The average Bonchev–Trinajstić information content (AvgIpc) is 2.37. The third-order valence-corrected chi connectivity index (χ3v) is 3.92. The molecule has 0 aromatic heterocycles. The van der Waals surface area contributed by atoms with Crippen LogP contribution in [0.1, 0.15) is 48.5 Å². The number of carbonyl (C=O) groups is 3. The lowest BCUT2D eigenvalue weighted by atomic mass is 9.88. The number of morpholine rings is 1. The van der Waals surface area contributed by atoms with Crippen LogP contribution in [-0.4, -0.2) is 52.9 Å². The van der Waals surface area contributed by atoms with Gasteiger partial charge in [0.15, 0.2) is 6.04 Å². The smallest absolute Gasteiger partial charge is 0.410 e. The van der Waals surface area contributed by atoms with E-state index in [0.717, 1.165) is 0 Å². The van der Waals surface area contributed by atoms with E-state index in [2.05, 4.69) is 10.6 Å². The second kappa shape index (κ2) is 6.64. The van der Waals surface area contributed by atoms with Gasteiger partial charge in [-0.15, -0.1) is 11.6 Å². The number of amides is 2. The predicted molar refractivity (Wildman–Crippen MR) is 91.1 cm³/mol. The van der Waals surface area contributed by atoms with Crippen molar-refractivity contribution in [3.63, 3.8) is 0 Å². The molecule has 1 aliphatic rings. The van der Waals surface area contributed by atoms with Gasteiger partial charge in [0.25, 0.3) is 5.91 Å². The van der Waals surface area contributed by atoms with Crippen molar-refractivity contribution in [2.45, 2.75) is 76.3 Å². The zero-order chi connectivity index (χ0) is 19.8. The number of carbonyl (C=O) groups excluding carboxylic acids is 3. The Balaban J connectivity index is 3.26. The maximum atomic E-state index is 12.8. The highest BCUT2D eigenvalue weighted by molar-refractivity contribution is 6.26. The molecule has 0 saturated carbocycles. The van der Waals surface area contributed by atoms with E-state index in [1.807, 2.05) is 0 Å². The molecule has 1 heterocycles. The number of hydrogen-bond acceptors (Lipinski definition) is 6. The quantitative estimate of drug-likeness (QED) is 0.572. The number of esters is 1. The van der Waals surface area contributed by atoms with E-state index < -0.39 is 45.8 Å². The highest BCUT2D eigenvalue weighted by atomic mass is 35.5. The molecule has 1 saturated heterocycles. The summed E-state index contributed by atoms with van der Waals surface area (Å²) in [5, 5.41) is 4.96. The Labute approximate surface area is 152 Å². The van der Waals surface area contributed by atoms with Gasteiger partial charge in [0.2, 0.25) is 5.72 Å². The zero-order valence-corrected chi connectivity index (χ0v) is 16.7. The van der Waals surface area contributed by atoms with Gasteiger partial charge in [-0.05, 0) is 48.5 Å². The van der Waals surface area contributed by atoms with Gasteiger partial charge in [0, 0.05) is 0 Å². The molecule has 0 bridgehead atoms. The fourth-order valence-electron chi connectivity index (χ4n) is 2.44. The molecule has 0 aliphatic carbocycles. The minimum atomic E-state index is -1.95. The van der Waals surface area contributed by atoms with Crippen molar-refractivity contribution in [1.82, 2.24) is 10.6 Å². The van der Waals surface area contributed by atoms with Gasteiger partial charge in [-0.1, -0.05) is 0 Å². The number of rotatable bonds is 3. The molecule has 0 spiro atoms. The molecule has 0 aromatic rings. The lowest BCUT2D eigenvalue weighted by molar-refractivity contribution is -0.216. The Hall–Kier alpha value is -1.54. The Bertz CT molecular complexity index is 564. The summed E-state index contributed by atoms with van der Waals surface area (Å²) in [5.41, 5.74) is -3.94. The number of alkyl carbamates (subject to hydrolysis) is 1. The SMILES string of the molecule is COC(=O)[C@H]1NC(=O)[C@@](NC(=O)OC(C)(C)C)(C(C)(C)Cl)OC1(C)C. The summed E-state index contributed by atoms with van der Waals surface area (Å²) in [5.74, 6) is -1.44. The number of ether oxygens (including phenoxy) is 3. The van der Waals surface area contributed by atoms with Crippen LogP contribution in [0, 0.1) is 0 Å². The number of nitrogens with one attached hydrogen (secondary N) is 2. The standard InChI is InChI=1S/C16H27ClN2O6/c1-13(2,3)24-12(22)19-16(15(6,7)17)11(21)18-9(10(20)23-8)14(4,5)25-16/h9H,1-8H3,(H,18,21)(H,19,22)/t9-,16+/m1/s1. The minimum absolute atomic E-state index is 0.670. The number of methoxy groups -OCH3 is 1. The lowest BCUT2D eigenvalue weighted by Crippen LogP contribution is -2.79. The van der Waals surface area contributed by atoms with E-state index in [1.165, 1.54) is 21.0 Å². The van der Waals surface area contributed by atoms with Gasteiger partial charge >= 0.3 is 12.1 Å². The molecule has 1 aliphatic heterocycles. The van der Waals surface area contributed by atoms with Crippen molar-refractivity contribution in [3.05, 3.63) is 0 Å². The van der Waals surface area contributed by atoms with Gasteiger partial charge in [-0.2, -0.15) is 0 Å². The summed E-state index contributed by atoms with van der Waals surface area (Å²) in [6.45, 7) is 11.3. The van der Waals surface area contributed by atoms with Crippen molar-refractivity contribution in [2.75, 3.05) is 7.11 Å². The number of alkyl halides is 1.